The van der Waals surface area contributed by atoms with Crippen LogP contribution in [0.15, 0.2) is 18.2 Å². The summed E-state index contributed by atoms with van der Waals surface area (Å²) in [5.41, 5.74) is 11.3. The molecule has 0 bridgehead atoms. The lowest BCUT2D eigenvalue weighted by molar-refractivity contribution is 0.179. The summed E-state index contributed by atoms with van der Waals surface area (Å²) >= 11 is 0. The number of benzene rings is 1. The summed E-state index contributed by atoms with van der Waals surface area (Å²) < 4.78 is 0. The normalized spacial score (nSPS) is 17.6. The smallest absolute Gasteiger partial charge is 0.0992 e. The number of nitriles is 1. The average molecular weight is 231 g/mol. The quantitative estimate of drug-likeness (QED) is 0.734. The number of nitrogens with zero attached hydrogens (tertiary/aromatic N) is 3. The molecule has 0 unspecified atom stereocenters. The van der Waals surface area contributed by atoms with E-state index in [4.69, 9.17) is 11.0 Å². The molecule has 0 radical (unpaired) electrons. The number of anilines is 2. The van der Waals surface area contributed by atoms with Gasteiger partial charge >= 0.3 is 0 Å². The molecule has 1 aliphatic heterocycles. The van der Waals surface area contributed by atoms with Crippen LogP contribution < -0.4 is 11.2 Å². The number of piperazine rings is 1. The molecule has 1 fully saturated rings. The minimum absolute atomic E-state index is 0.589. The molecule has 1 saturated heterocycles. The maximum Gasteiger partial charge on any atom is 0.0992 e. The number of rotatable bonds is 2. The second-order valence-corrected chi connectivity index (χ2v) is 4.32. The molecule has 1 aliphatic rings. The second kappa shape index (κ2) is 5.04. The number of hydrazine groups is 1. The summed E-state index contributed by atoms with van der Waals surface area (Å²) in [7, 11) is 2.12. The third-order valence-corrected chi connectivity index (χ3v) is 2.96. The summed E-state index contributed by atoms with van der Waals surface area (Å²) in [6.45, 7) is 4.03. The van der Waals surface area contributed by atoms with Gasteiger partial charge in [-0.25, -0.2) is 5.01 Å². The molecular weight excluding hydrogens is 214 g/mol. The lowest BCUT2D eigenvalue weighted by Crippen LogP contribution is -2.47. The van der Waals surface area contributed by atoms with Crippen molar-refractivity contribution in [1.82, 2.24) is 9.91 Å². The van der Waals surface area contributed by atoms with E-state index in [2.05, 4.69) is 28.5 Å². The molecule has 5 nitrogen and oxygen atoms in total. The molecule has 0 aromatic heterocycles. The maximum atomic E-state index is 8.76. The molecule has 0 saturated carbocycles. The molecule has 2 rings (SSSR count). The van der Waals surface area contributed by atoms with Gasteiger partial charge in [-0.1, -0.05) is 0 Å². The summed E-state index contributed by atoms with van der Waals surface area (Å²) in [6.07, 6.45) is 0. The molecule has 90 valence electrons. The Labute approximate surface area is 101 Å². The van der Waals surface area contributed by atoms with Crippen molar-refractivity contribution in [3.05, 3.63) is 23.8 Å². The first-order chi connectivity index (χ1) is 8.19. The Kier molecular flexibility index (Phi) is 3.47. The molecule has 1 aromatic carbocycles. The number of likely N-dealkylation sites (N-methyl/N-ethyl adjacent to an activating group) is 1. The molecule has 0 amide bonds. The van der Waals surface area contributed by atoms with Crippen LogP contribution in [0.2, 0.25) is 0 Å². The van der Waals surface area contributed by atoms with E-state index < -0.39 is 0 Å². The Morgan fingerprint density at radius 2 is 2.00 bits per heavy atom. The average Bonchev–Trinajstić information content (AvgIpc) is 2.34. The maximum absolute atomic E-state index is 8.76. The van der Waals surface area contributed by atoms with E-state index in [0.717, 1.165) is 31.9 Å². The number of hydrogen-bond acceptors (Lipinski definition) is 5. The standard InChI is InChI=1S/C12H17N5/c1-16-4-6-17(7-5-16)15-12-3-2-10(9-13)8-11(12)14/h2-3,8,15H,4-7,14H2,1H3. The van der Waals surface area contributed by atoms with Crippen LogP contribution in [0.25, 0.3) is 0 Å². The zero-order chi connectivity index (χ0) is 12.3. The Bertz CT molecular complexity index is 429. The summed E-state index contributed by atoms with van der Waals surface area (Å²) in [5.74, 6) is 0. The van der Waals surface area contributed by atoms with Gasteiger partial charge in [-0.2, -0.15) is 5.26 Å². The molecule has 0 aliphatic carbocycles. The first-order valence-electron chi connectivity index (χ1n) is 5.69. The highest BCUT2D eigenvalue weighted by Crippen LogP contribution is 2.20. The van der Waals surface area contributed by atoms with Gasteiger partial charge in [-0.15, -0.1) is 0 Å². The van der Waals surface area contributed by atoms with E-state index >= 15 is 0 Å². The van der Waals surface area contributed by atoms with Crippen molar-refractivity contribution in [2.75, 3.05) is 44.4 Å². The van der Waals surface area contributed by atoms with Crippen LogP contribution in [0, 0.1) is 11.3 Å². The SMILES string of the molecule is CN1CCN(Nc2ccc(C#N)cc2N)CC1. The van der Waals surface area contributed by atoms with E-state index in [9.17, 15) is 0 Å². The van der Waals surface area contributed by atoms with E-state index in [-0.39, 0.29) is 0 Å². The molecule has 5 heteroatoms. The van der Waals surface area contributed by atoms with Crippen LogP contribution in [-0.2, 0) is 0 Å². The van der Waals surface area contributed by atoms with Gasteiger partial charge in [0, 0.05) is 26.2 Å². The van der Waals surface area contributed by atoms with Gasteiger partial charge in [0.15, 0.2) is 0 Å². The number of nitrogen functional groups attached to an aromatic ring is 1. The minimum atomic E-state index is 0.589. The monoisotopic (exact) mass is 231 g/mol. The van der Waals surface area contributed by atoms with E-state index in [0.29, 0.717) is 11.3 Å². The predicted octanol–water partition coefficient (Wildman–Crippen LogP) is 0.715. The molecule has 17 heavy (non-hydrogen) atoms. The fourth-order valence-electron chi connectivity index (χ4n) is 1.82. The van der Waals surface area contributed by atoms with Gasteiger partial charge in [-0.3, -0.25) is 0 Å². The Balaban J connectivity index is 2.02. The van der Waals surface area contributed by atoms with Crippen molar-refractivity contribution in [2.24, 2.45) is 0 Å². The van der Waals surface area contributed by atoms with E-state index in [1.807, 2.05) is 6.07 Å². The fraction of sp³-hybridized carbons (Fsp3) is 0.417. The Morgan fingerprint density at radius 3 is 2.59 bits per heavy atom. The summed E-state index contributed by atoms with van der Waals surface area (Å²) in [6, 6.07) is 7.40. The van der Waals surface area contributed by atoms with E-state index in [1.54, 1.807) is 12.1 Å². The number of nitrogens with one attached hydrogen (secondary N) is 1. The van der Waals surface area contributed by atoms with Gasteiger partial charge in [0.1, 0.15) is 0 Å². The summed E-state index contributed by atoms with van der Waals surface area (Å²) in [4.78, 5) is 2.29. The highest BCUT2D eigenvalue weighted by atomic mass is 15.5. The predicted molar refractivity (Wildman–Crippen MR) is 68.3 cm³/mol. The Morgan fingerprint density at radius 1 is 1.29 bits per heavy atom. The van der Waals surface area contributed by atoms with Gasteiger partial charge in [0.25, 0.3) is 0 Å². The van der Waals surface area contributed by atoms with Crippen LogP contribution in [0.1, 0.15) is 5.56 Å². The molecule has 3 N–H and O–H groups in total. The van der Waals surface area contributed by atoms with Crippen molar-refractivity contribution in [1.29, 1.82) is 5.26 Å². The van der Waals surface area contributed by atoms with Crippen molar-refractivity contribution in [3.63, 3.8) is 0 Å². The lowest BCUT2D eigenvalue weighted by Gasteiger charge is -2.33. The summed E-state index contributed by atoms with van der Waals surface area (Å²) in [5, 5.41) is 10.9. The fourth-order valence-corrected chi connectivity index (χ4v) is 1.82. The van der Waals surface area contributed by atoms with Crippen molar-refractivity contribution in [2.45, 2.75) is 0 Å². The molecular formula is C12H17N5. The van der Waals surface area contributed by atoms with Crippen LogP contribution in [0.5, 0.6) is 0 Å². The first kappa shape index (κ1) is 11.7. The first-order valence-corrected chi connectivity index (χ1v) is 5.69. The Hall–Kier alpha value is -1.77. The van der Waals surface area contributed by atoms with Gasteiger partial charge < -0.3 is 16.1 Å². The van der Waals surface area contributed by atoms with Gasteiger partial charge in [0.05, 0.1) is 23.0 Å². The van der Waals surface area contributed by atoms with Crippen LogP contribution in [-0.4, -0.2) is 43.1 Å². The van der Waals surface area contributed by atoms with E-state index in [1.165, 1.54) is 0 Å². The van der Waals surface area contributed by atoms with Gasteiger partial charge in [-0.05, 0) is 25.2 Å². The van der Waals surface area contributed by atoms with Gasteiger partial charge in [0.2, 0.25) is 0 Å². The third-order valence-electron chi connectivity index (χ3n) is 2.96. The molecule has 0 atom stereocenters. The van der Waals surface area contributed by atoms with Crippen LogP contribution in [0.3, 0.4) is 0 Å². The van der Waals surface area contributed by atoms with Crippen molar-refractivity contribution < 1.29 is 0 Å². The highest BCUT2D eigenvalue weighted by Gasteiger charge is 2.14. The van der Waals surface area contributed by atoms with Crippen LogP contribution in [0.4, 0.5) is 11.4 Å². The molecule has 0 spiro atoms. The molecule has 1 aromatic rings. The lowest BCUT2D eigenvalue weighted by atomic mass is 10.2. The highest BCUT2D eigenvalue weighted by molar-refractivity contribution is 5.67. The zero-order valence-electron chi connectivity index (χ0n) is 9.98. The number of nitrogens with two attached hydrogens (primary N) is 1. The van der Waals surface area contributed by atoms with Crippen molar-refractivity contribution in [3.8, 4) is 6.07 Å². The van der Waals surface area contributed by atoms with Crippen molar-refractivity contribution >= 4 is 11.4 Å². The van der Waals surface area contributed by atoms with Crippen LogP contribution >= 0.6 is 0 Å². The second-order valence-electron chi connectivity index (χ2n) is 4.32. The molecule has 1 heterocycles. The third kappa shape index (κ3) is 2.87. The zero-order valence-corrected chi connectivity index (χ0v) is 9.98. The number of hydrogen-bond donors (Lipinski definition) is 2. The largest absolute Gasteiger partial charge is 0.397 e. The minimum Gasteiger partial charge on any atom is -0.397 e. The topological polar surface area (TPSA) is 68.3 Å².